The highest BCUT2D eigenvalue weighted by Crippen LogP contribution is 2.53. The molecule has 0 fully saturated rings. The third-order valence-corrected chi connectivity index (χ3v) is 12.9. The van der Waals surface area contributed by atoms with E-state index in [1.165, 1.54) is 50.0 Å². The van der Waals surface area contributed by atoms with Gasteiger partial charge in [0, 0.05) is 44.6 Å². The van der Waals surface area contributed by atoms with Crippen molar-refractivity contribution in [2.75, 3.05) is 4.90 Å². The lowest BCUT2D eigenvalue weighted by Crippen LogP contribution is -2.30. The zero-order chi connectivity index (χ0) is 42.7. The number of hydrogen-bond acceptors (Lipinski definition) is 3. The summed E-state index contributed by atoms with van der Waals surface area (Å²) in [7, 11) is 0. The monoisotopic (exact) mass is 810 g/mol. The Labute approximate surface area is 369 Å². The van der Waals surface area contributed by atoms with Crippen LogP contribution in [-0.2, 0) is 5.41 Å². The first-order valence-electron chi connectivity index (χ1n) is 21.8. The summed E-state index contributed by atoms with van der Waals surface area (Å²) in [4.78, 5) is 13.2. The number of aromatic nitrogens is 3. The quantitative estimate of drug-likeness (QED) is 0.161. The van der Waals surface area contributed by atoms with Gasteiger partial charge in [0.15, 0.2) is 5.82 Å². The van der Waals surface area contributed by atoms with E-state index < -0.39 is 0 Å². The van der Waals surface area contributed by atoms with Crippen LogP contribution in [-0.4, -0.2) is 14.5 Å². The first-order chi connectivity index (χ1) is 30.9. The summed E-state index contributed by atoms with van der Waals surface area (Å²) in [6.45, 7) is 9.06. The zero-order valence-electron chi connectivity index (χ0n) is 35.9. The van der Waals surface area contributed by atoms with Gasteiger partial charge in [0.1, 0.15) is 5.82 Å². The van der Waals surface area contributed by atoms with Crippen LogP contribution < -0.4 is 4.90 Å². The molecule has 0 aliphatic carbocycles. The second kappa shape index (κ2) is 15.3. The molecular weight excluding hydrogens is 765 g/mol. The van der Waals surface area contributed by atoms with Gasteiger partial charge in [0.2, 0.25) is 0 Å². The van der Waals surface area contributed by atoms with Crippen LogP contribution in [0.4, 0.5) is 17.1 Å². The number of fused-ring (bicyclic) bond motifs is 5. The van der Waals surface area contributed by atoms with Gasteiger partial charge in [-0.25, -0.2) is 9.97 Å². The third kappa shape index (κ3) is 6.37. The number of benzene rings is 8. The molecule has 2 aromatic heterocycles. The number of anilines is 3. The normalized spacial score (nSPS) is 13.1. The molecule has 302 valence electrons. The number of hydrogen-bond donors (Lipinski definition) is 0. The molecule has 8 aromatic carbocycles. The highest BCUT2D eigenvalue weighted by molar-refractivity contribution is 6.15. The molecule has 4 nitrogen and oxygen atoms in total. The van der Waals surface area contributed by atoms with Crippen LogP contribution >= 0.6 is 0 Å². The van der Waals surface area contributed by atoms with Crippen molar-refractivity contribution in [3.05, 3.63) is 222 Å². The van der Waals surface area contributed by atoms with E-state index in [2.05, 4.69) is 243 Å². The fourth-order valence-corrected chi connectivity index (χ4v) is 9.78. The summed E-state index contributed by atoms with van der Waals surface area (Å²) in [6.07, 6.45) is 4.33. The van der Waals surface area contributed by atoms with Crippen molar-refractivity contribution in [3.8, 4) is 50.7 Å². The molecule has 10 aromatic rings. The van der Waals surface area contributed by atoms with Gasteiger partial charge in [0.05, 0.1) is 28.1 Å². The maximum absolute atomic E-state index is 5.49. The minimum Gasteiger partial charge on any atom is -0.310 e. The van der Waals surface area contributed by atoms with E-state index in [9.17, 15) is 0 Å². The number of para-hydroxylation sites is 3. The minimum absolute atomic E-state index is 0.256. The van der Waals surface area contributed by atoms with Crippen molar-refractivity contribution in [1.82, 2.24) is 14.5 Å². The SMILES string of the molecule is C/C=C\c1ccc2c(c1C)c1cccc(-c3ccc4c(c3)C(C)(C)c3ccccc3N4c3ccccc3)c1n2-c1cc(-c2ccccc2)nc(-c2ccc(-c3ccccc3)cc2)n1. The van der Waals surface area contributed by atoms with Gasteiger partial charge in [-0.1, -0.05) is 178 Å². The summed E-state index contributed by atoms with van der Waals surface area (Å²) in [5.74, 6) is 1.50. The predicted molar refractivity (Wildman–Crippen MR) is 264 cm³/mol. The second-order valence-corrected chi connectivity index (χ2v) is 17.0. The Morgan fingerprint density at radius 3 is 1.90 bits per heavy atom. The molecular formula is C59H46N4. The summed E-state index contributed by atoms with van der Waals surface area (Å²) in [6, 6.07) is 69.7. The van der Waals surface area contributed by atoms with Gasteiger partial charge in [-0.15, -0.1) is 0 Å². The summed E-state index contributed by atoms with van der Waals surface area (Å²) >= 11 is 0. The Bertz CT molecular complexity index is 3360. The number of rotatable bonds is 7. The van der Waals surface area contributed by atoms with Crippen molar-refractivity contribution in [3.63, 3.8) is 0 Å². The highest BCUT2D eigenvalue weighted by atomic mass is 15.2. The predicted octanol–water partition coefficient (Wildman–Crippen LogP) is 15.7. The van der Waals surface area contributed by atoms with Crippen LogP contribution in [0.25, 0.3) is 78.6 Å². The Morgan fingerprint density at radius 2 is 1.16 bits per heavy atom. The van der Waals surface area contributed by atoms with Gasteiger partial charge < -0.3 is 4.90 Å². The van der Waals surface area contributed by atoms with Crippen LogP contribution in [0.3, 0.4) is 0 Å². The van der Waals surface area contributed by atoms with Gasteiger partial charge in [-0.05, 0) is 89.2 Å². The van der Waals surface area contributed by atoms with E-state index >= 15 is 0 Å². The number of aryl methyl sites for hydroxylation is 1. The van der Waals surface area contributed by atoms with Crippen molar-refractivity contribution >= 4 is 44.9 Å². The van der Waals surface area contributed by atoms with E-state index in [1.807, 2.05) is 0 Å². The van der Waals surface area contributed by atoms with Gasteiger partial charge >= 0.3 is 0 Å². The first-order valence-corrected chi connectivity index (χ1v) is 21.8. The molecule has 0 radical (unpaired) electrons. The second-order valence-electron chi connectivity index (χ2n) is 17.0. The minimum atomic E-state index is -0.256. The molecule has 63 heavy (non-hydrogen) atoms. The van der Waals surface area contributed by atoms with E-state index in [-0.39, 0.29) is 5.41 Å². The topological polar surface area (TPSA) is 34.0 Å². The fraction of sp³-hybridized carbons (Fsp3) is 0.0847. The van der Waals surface area contributed by atoms with Crippen LogP contribution in [0.1, 0.15) is 43.0 Å². The van der Waals surface area contributed by atoms with E-state index in [4.69, 9.17) is 9.97 Å². The Morgan fingerprint density at radius 1 is 0.524 bits per heavy atom. The average molecular weight is 811 g/mol. The summed E-state index contributed by atoms with van der Waals surface area (Å²) < 4.78 is 2.39. The molecule has 0 saturated carbocycles. The van der Waals surface area contributed by atoms with E-state index in [1.54, 1.807) is 0 Å². The molecule has 0 saturated heterocycles. The van der Waals surface area contributed by atoms with Crippen molar-refractivity contribution in [2.45, 2.75) is 33.1 Å². The number of allylic oxidation sites excluding steroid dienone is 1. The smallest absolute Gasteiger partial charge is 0.162 e. The van der Waals surface area contributed by atoms with Crippen LogP contribution in [0.15, 0.2) is 200 Å². The lowest BCUT2D eigenvalue weighted by Gasteiger charge is -2.42. The molecule has 0 amide bonds. The van der Waals surface area contributed by atoms with Crippen LogP contribution in [0, 0.1) is 6.92 Å². The van der Waals surface area contributed by atoms with Crippen LogP contribution in [0.2, 0.25) is 0 Å². The molecule has 0 unspecified atom stereocenters. The lowest BCUT2D eigenvalue weighted by molar-refractivity contribution is 0.632. The molecule has 0 spiro atoms. The average Bonchev–Trinajstić information content (AvgIpc) is 3.69. The maximum Gasteiger partial charge on any atom is 0.162 e. The highest BCUT2D eigenvalue weighted by Gasteiger charge is 2.37. The molecule has 0 bridgehead atoms. The fourth-order valence-electron chi connectivity index (χ4n) is 9.78. The number of nitrogens with zero attached hydrogens (tertiary/aromatic N) is 4. The Balaban J connectivity index is 1.17. The molecule has 11 rings (SSSR count). The molecule has 1 aliphatic heterocycles. The molecule has 4 heteroatoms. The van der Waals surface area contributed by atoms with E-state index in [0.29, 0.717) is 5.82 Å². The van der Waals surface area contributed by atoms with Gasteiger partial charge in [0.25, 0.3) is 0 Å². The van der Waals surface area contributed by atoms with E-state index in [0.717, 1.165) is 56.0 Å². The first kappa shape index (κ1) is 38.1. The van der Waals surface area contributed by atoms with Crippen molar-refractivity contribution in [2.24, 2.45) is 0 Å². The standard InChI is InChI=1S/C59H46N4/c1-5-18-40-33-36-54-56(39(40)2)48-26-17-25-47(45-34-35-53-50(37-45)59(3,4)49-27-15-16-28-52(49)62(53)46-23-13-8-14-24-46)57(48)63(54)55-38-51(43-21-11-7-12-22-43)60-58(61-55)44-31-29-42(30-32-44)41-19-9-6-10-20-41/h5-38H,1-4H3/b18-5-. The Hall–Kier alpha value is -7.82. The molecule has 0 atom stereocenters. The lowest BCUT2D eigenvalue weighted by atomic mass is 9.73. The summed E-state index contributed by atoms with van der Waals surface area (Å²) in [5.41, 5.74) is 18.0. The third-order valence-electron chi connectivity index (χ3n) is 12.9. The van der Waals surface area contributed by atoms with Gasteiger partial charge in [-0.2, -0.15) is 0 Å². The zero-order valence-corrected chi connectivity index (χ0v) is 35.9. The summed E-state index contributed by atoms with van der Waals surface area (Å²) in [5, 5.41) is 2.41. The molecule has 0 N–H and O–H groups in total. The van der Waals surface area contributed by atoms with Gasteiger partial charge in [-0.3, -0.25) is 4.57 Å². The van der Waals surface area contributed by atoms with Crippen molar-refractivity contribution in [1.29, 1.82) is 0 Å². The molecule has 3 heterocycles. The molecule has 1 aliphatic rings. The largest absolute Gasteiger partial charge is 0.310 e. The maximum atomic E-state index is 5.49. The van der Waals surface area contributed by atoms with Crippen molar-refractivity contribution < 1.29 is 0 Å². The van der Waals surface area contributed by atoms with Crippen LogP contribution in [0.5, 0.6) is 0 Å². The Kier molecular flexibility index (Phi) is 9.24.